The van der Waals surface area contributed by atoms with Crippen LogP contribution in [0.4, 0.5) is 5.69 Å². The number of nitrogens with zero attached hydrogens (tertiary/aromatic N) is 1. The molecule has 6 nitrogen and oxygen atoms in total. The molecule has 0 radical (unpaired) electrons. The Labute approximate surface area is 113 Å². The zero-order valence-corrected chi connectivity index (χ0v) is 11.9. The number of nitro groups is 1. The number of halogens is 1. The van der Waals surface area contributed by atoms with Crippen molar-refractivity contribution in [3.8, 4) is 0 Å². The number of benzene rings is 1. The highest BCUT2D eigenvalue weighted by Crippen LogP contribution is 2.33. The maximum atomic E-state index is 12.1. The predicted molar refractivity (Wildman–Crippen MR) is 68.7 cm³/mol. The molecule has 1 aromatic rings. The van der Waals surface area contributed by atoms with Crippen LogP contribution in [0, 0.1) is 16.0 Å². The fraction of sp³-hybridized carbons (Fsp3) is 0.400. The Bertz CT molecular complexity index is 602. The third-order valence-corrected chi connectivity index (χ3v) is 4.84. The first-order valence-electron chi connectivity index (χ1n) is 5.27. The molecule has 8 heteroatoms. The van der Waals surface area contributed by atoms with Crippen molar-refractivity contribution in [2.75, 3.05) is 0 Å². The molecule has 18 heavy (non-hydrogen) atoms. The number of nitrogens with one attached hydrogen (secondary N) is 1. The fourth-order valence-electron chi connectivity index (χ4n) is 1.60. The van der Waals surface area contributed by atoms with Gasteiger partial charge in [0.2, 0.25) is 10.0 Å². The van der Waals surface area contributed by atoms with Crippen LogP contribution in [0.1, 0.15) is 13.3 Å². The van der Waals surface area contributed by atoms with E-state index in [0.29, 0.717) is 4.47 Å². The second kappa shape index (κ2) is 4.60. The SMILES string of the molecule is CC1CC1NS(=O)(=O)c1cc(Br)ccc1[N+](=O)[O-]. The van der Waals surface area contributed by atoms with E-state index >= 15 is 0 Å². The normalized spacial score (nSPS) is 22.8. The zero-order valence-electron chi connectivity index (χ0n) is 9.46. The molecular weight excluding hydrogens is 324 g/mol. The van der Waals surface area contributed by atoms with Gasteiger partial charge in [-0.1, -0.05) is 22.9 Å². The zero-order chi connectivity index (χ0) is 13.5. The second-order valence-electron chi connectivity index (χ2n) is 4.31. The van der Waals surface area contributed by atoms with E-state index in [1.54, 1.807) is 0 Å². The quantitative estimate of drug-likeness (QED) is 0.674. The van der Waals surface area contributed by atoms with E-state index in [4.69, 9.17) is 0 Å². The van der Waals surface area contributed by atoms with E-state index in [9.17, 15) is 18.5 Å². The molecule has 1 N–H and O–H groups in total. The summed E-state index contributed by atoms with van der Waals surface area (Å²) in [4.78, 5) is 9.84. The number of nitro benzene ring substituents is 1. The van der Waals surface area contributed by atoms with Crippen molar-refractivity contribution in [1.82, 2.24) is 4.72 Å². The van der Waals surface area contributed by atoms with Gasteiger partial charge in [-0.2, -0.15) is 0 Å². The molecule has 2 rings (SSSR count). The van der Waals surface area contributed by atoms with Gasteiger partial charge in [-0.05, 0) is 24.5 Å². The van der Waals surface area contributed by atoms with Gasteiger partial charge in [0.05, 0.1) is 4.92 Å². The van der Waals surface area contributed by atoms with Crippen molar-refractivity contribution in [3.05, 3.63) is 32.8 Å². The smallest absolute Gasteiger partial charge is 0.258 e. The third-order valence-electron chi connectivity index (χ3n) is 2.82. The van der Waals surface area contributed by atoms with Crippen LogP contribution in [-0.2, 0) is 10.0 Å². The monoisotopic (exact) mass is 334 g/mol. The fourth-order valence-corrected chi connectivity index (χ4v) is 3.67. The minimum atomic E-state index is -3.85. The summed E-state index contributed by atoms with van der Waals surface area (Å²) in [5, 5.41) is 10.8. The van der Waals surface area contributed by atoms with Gasteiger partial charge in [-0.25, -0.2) is 13.1 Å². The molecule has 0 aromatic heterocycles. The Hall–Kier alpha value is -0.990. The molecule has 0 amide bonds. The number of rotatable bonds is 4. The van der Waals surface area contributed by atoms with Crippen LogP contribution < -0.4 is 4.72 Å². The molecule has 2 atom stereocenters. The minimum absolute atomic E-state index is 0.117. The largest absolute Gasteiger partial charge is 0.289 e. The molecule has 1 fully saturated rings. The molecule has 1 aliphatic carbocycles. The molecule has 0 heterocycles. The van der Waals surface area contributed by atoms with Crippen LogP contribution in [0.25, 0.3) is 0 Å². The van der Waals surface area contributed by atoms with Crippen LogP contribution in [0.3, 0.4) is 0 Å². The lowest BCUT2D eigenvalue weighted by Crippen LogP contribution is -2.27. The molecule has 1 aliphatic rings. The minimum Gasteiger partial charge on any atom is -0.258 e. The summed E-state index contributed by atoms with van der Waals surface area (Å²) in [5.41, 5.74) is -0.418. The lowest BCUT2D eigenvalue weighted by Gasteiger charge is -2.07. The Morgan fingerprint density at radius 1 is 1.50 bits per heavy atom. The highest BCUT2D eigenvalue weighted by Gasteiger charge is 2.38. The van der Waals surface area contributed by atoms with E-state index < -0.39 is 20.6 Å². The lowest BCUT2D eigenvalue weighted by atomic mass is 10.3. The van der Waals surface area contributed by atoms with Crippen molar-refractivity contribution in [1.29, 1.82) is 0 Å². The van der Waals surface area contributed by atoms with E-state index in [-0.39, 0.29) is 16.9 Å². The van der Waals surface area contributed by atoms with Crippen molar-refractivity contribution >= 4 is 31.6 Å². The van der Waals surface area contributed by atoms with Crippen LogP contribution in [0.5, 0.6) is 0 Å². The predicted octanol–water partition coefficient (Wildman–Crippen LogP) is 2.04. The Kier molecular flexibility index (Phi) is 3.43. The van der Waals surface area contributed by atoms with Gasteiger partial charge in [0.15, 0.2) is 4.90 Å². The summed E-state index contributed by atoms with van der Waals surface area (Å²) in [6.45, 7) is 1.92. The van der Waals surface area contributed by atoms with E-state index in [2.05, 4.69) is 20.7 Å². The highest BCUT2D eigenvalue weighted by molar-refractivity contribution is 9.10. The Morgan fingerprint density at radius 3 is 2.61 bits per heavy atom. The first kappa shape index (κ1) is 13.4. The molecule has 1 aromatic carbocycles. The van der Waals surface area contributed by atoms with E-state index in [0.717, 1.165) is 6.42 Å². The van der Waals surface area contributed by atoms with Gasteiger partial charge in [-0.3, -0.25) is 10.1 Å². The number of hydrogen-bond donors (Lipinski definition) is 1. The van der Waals surface area contributed by atoms with Gasteiger partial charge in [0, 0.05) is 16.6 Å². The summed E-state index contributed by atoms with van der Waals surface area (Å²) >= 11 is 3.12. The summed E-state index contributed by atoms with van der Waals surface area (Å²) in [7, 11) is -3.85. The molecule has 0 spiro atoms. The summed E-state index contributed by atoms with van der Waals surface area (Å²) in [6, 6.07) is 3.74. The molecular formula is C10H11BrN2O4S. The van der Waals surface area contributed by atoms with Crippen molar-refractivity contribution in [2.45, 2.75) is 24.3 Å². The first-order valence-corrected chi connectivity index (χ1v) is 7.55. The summed E-state index contributed by atoms with van der Waals surface area (Å²) in [5.74, 6) is 0.283. The summed E-state index contributed by atoms with van der Waals surface area (Å²) < 4.78 is 27.1. The first-order chi connectivity index (χ1) is 8.31. The average Bonchev–Trinajstić information content (AvgIpc) is 2.92. The standard InChI is InChI=1S/C10H11BrN2O4S/c1-6-4-8(6)12-18(16,17)10-5-7(11)2-3-9(10)13(14)15/h2-3,5-6,8,12H,4H2,1H3. The van der Waals surface area contributed by atoms with Crippen LogP contribution in [0.2, 0.25) is 0 Å². The Balaban J connectivity index is 2.42. The average molecular weight is 335 g/mol. The van der Waals surface area contributed by atoms with Gasteiger partial charge in [0.1, 0.15) is 0 Å². The lowest BCUT2D eigenvalue weighted by molar-refractivity contribution is -0.387. The van der Waals surface area contributed by atoms with Crippen molar-refractivity contribution in [3.63, 3.8) is 0 Å². The Morgan fingerprint density at radius 2 is 2.11 bits per heavy atom. The molecule has 98 valence electrons. The molecule has 0 bridgehead atoms. The highest BCUT2D eigenvalue weighted by atomic mass is 79.9. The van der Waals surface area contributed by atoms with Crippen molar-refractivity contribution in [2.24, 2.45) is 5.92 Å². The number of sulfonamides is 1. The van der Waals surface area contributed by atoms with Crippen LogP contribution in [-0.4, -0.2) is 19.4 Å². The van der Waals surface area contributed by atoms with Crippen LogP contribution in [0.15, 0.2) is 27.6 Å². The van der Waals surface area contributed by atoms with Gasteiger partial charge in [0.25, 0.3) is 5.69 Å². The van der Waals surface area contributed by atoms with Gasteiger partial charge in [-0.15, -0.1) is 0 Å². The van der Waals surface area contributed by atoms with Crippen molar-refractivity contribution < 1.29 is 13.3 Å². The maximum absolute atomic E-state index is 12.1. The molecule has 1 saturated carbocycles. The second-order valence-corrected chi connectivity index (χ2v) is 6.91. The molecule has 2 unspecified atom stereocenters. The van der Waals surface area contributed by atoms with Gasteiger partial charge >= 0.3 is 0 Å². The summed E-state index contributed by atoms with van der Waals surface area (Å²) in [6.07, 6.45) is 0.765. The molecule has 0 saturated heterocycles. The third kappa shape index (κ3) is 2.70. The van der Waals surface area contributed by atoms with E-state index in [1.807, 2.05) is 6.92 Å². The van der Waals surface area contributed by atoms with Crippen LogP contribution >= 0.6 is 15.9 Å². The van der Waals surface area contributed by atoms with E-state index in [1.165, 1.54) is 18.2 Å². The maximum Gasteiger partial charge on any atom is 0.289 e. The topological polar surface area (TPSA) is 89.3 Å². The number of hydrogen-bond acceptors (Lipinski definition) is 4. The van der Waals surface area contributed by atoms with Gasteiger partial charge < -0.3 is 0 Å². The molecule has 0 aliphatic heterocycles.